The maximum absolute atomic E-state index is 13.9. The quantitative estimate of drug-likeness (QED) is 0.293. The van der Waals surface area contributed by atoms with Gasteiger partial charge in [0.25, 0.3) is 10.0 Å². The maximum Gasteiger partial charge on any atom is 0.264 e. The van der Waals surface area contributed by atoms with Crippen LogP contribution in [0.3, 0.4) is 0 Å². The van der Waals surface area contributed by atoms with Gasteiger partial charge < -0.3 is 10.2 Å². The van der Waals surface area contributed by atoms with Gasteiger partial charge in [-0.2, -0.15) is 0 Å². The van der Waals surface area contributed by atoms with Crippen LogP contribution < -0.4 is 9.62 Å². The Kier molecular flexibility index (Phi) is 10.3. The van der Waals surface area contributed by atoms with E-state index in [1.165, 1.54) is 17.0 Å². The molecular weight excluding hydrogens is 613 g/mol. The van der Waals surface area contributed by atoms with Crippen LogP contribution in [0, 0.1) is 10.5 Å². The third-order valence-electron chi connectivity index (χ3n) is 6.33. The molecule has 9 heteroatoms. The van der Waals surface area contributed by atoms with Crippen LogP contribution in [0.15, 0.2) is 83.8 Å². The van der Waals surface area contributed by atoms with E-state index in [9.17, 15) is 18.0 Å². The van der Waals surface area contributed by atoms with Gasteiger partial charge in [-0.3, -0.25) is 13.9 Å². The molecule has 0 saturated heterocycles. The molecule has 0 saturated carbocycles. The van der Waals surface area contributed by atoms with Crippen LogP contribution in [-0.4, -0.2) is 43.8 Å². The number of rotatable bonds is 11. The molecule has 3 rings (SSSR count). The predicted octanol–water partition coefficient (Wildman–Crippen LogP) is 5.13. The summed E-state index contributed by atoms with van der Waals surface area (Å²) < 4.78 is 29.5. The number of carbonyl (C=O) groups excluding carboxylic acids is 2. The third-order valence-corrected chi connectivity index (χ3v) is 8.84. The van der Waals surface area contributed by atoms with Crippen LogP contribution in [0.2, 0.25) is 0 Å². The summed E-state index contributed by atoms with van der Waals surface area (Å²) in [7, 11) is -4.06. The van der Waals surface area contributed by atoms with Crippen molar-refractivity contribution in [3.63, 3.8) is 0 Å². The lowest BCUT2D eigenvalue weighted by Gasteiger charge is -2.32. The number of nitrogens with zero attached hydrogens (tertiary/aromatic N) is 2. The van der Waals surface area contributed by atoms with E-state index in [-0.39, 0.29) is 23.4 Å². The zero-order valence-electron chi connectivity index (χ0n) is 22.1. The van der Waals surface area contributed by atoms with Gasteiger partial charge in [0.1, 0.15) is 12.6 Å². The average molecular weight is 648 g/mol. The Labute approximate surface area is 239 Å². The highest BCUT2D eigenvalue weighted by Crippen LogP contribution is 2.25. The molecule has 0 unspecified atom stereocenters. The first-order chi connectivity index (χ1) is 18.0. The van der Waals surface area contributed by atoms with Gasteiger partial charge in [-0.25, -0.2) is 8.42 Å². The third kappa shape index (κ3) is 7.57. The molecule has 7 nitrogen and oxygen atoms in total. The van der Waals surface area contributed by atoms with Gasteiger partial charge in [0.2, 0.25) is 11.8 Å². The molecular formula is C29H34IN3O4S. The molecule has 2 atom stereocenters. The minimum atomic E-state index is -4.06. The number of carbonyl (C=O) groups is 2. The summed E-state index contributed by atoms with van der Waals surface area (Å²) in [4.78, 5) is 28.5. The number of halogens is 1. The number of benzene rings is 3. The SMILES string of the molecule is CC[C@@H](C)NC(=O)[C@@H](C)N(Cc1cccc(C)c1)C(=O)CN(c1ccc(I)cc1)S(=O)(=O)c1ccccc1. The molecule has 0 aliphatic heterocycles. The zero-order chi connectivity index (χ0) is 27.9. The summed E-state index contributed by atoms with van der Waals surface area (Å²) in [5, 5.41) is 2.94. The second kappa shape index (κ2) is 13.2. The molecule has 3 aromatic carbocycles. The van der Waals surface area contributed by atoms with Crippen LogP contribution in [0.5, 0.6) is 0 Å². The van der Waals surface area contributed by atoms with Crippen molar-refractivity contribution >= 4 is 50.1 Å². The predicted molar refractivity (Wildman–Crippen MR) is 159 cm³/mol. The highest BCUT2D eigenvalue weighted by molar-refractivity contribution is 14.1. The highest BCUT2D eigenvalue weighted by Gasteiger charge is 2.32. The van der Waals surface area contributed by atoms with E-state index in [1.807, 2.05) is 45.0 Å². The van der Waals surface area contributed by atoms with E-state index in [4.69, 9.17) is 0 Å². The van der Waals surface area contributed by atoms with Gasteiger partial charge in [-0.05, 0) is 91.7 Å². The smallest absolute Gasteiger partial charge is 0.264 e. The summed E-state index contributed by atoms with van der Waals surface area (Å²) >= 11 is 2.14. The van der Waals surface area contributed by atoms with Gasteiger partial charge in [-0.1, -0.05) is 55.0 Å². The molecule has 0 heterocycles. The standard InChI is InChI=1S/C29H34IN3O4S/c1-5-22(3)31-29(35)23(4)32(19-24-11-9-10-21(2)18-24)28(34)20-33(26-16-14-25(30)15-17-26)38(36,37)27-12-7-6-8-13-27/h6-18,22-23H,5,19-20H2,1-4H3,(H,31,35)/t22-,23-/m1/s1. The number of amides is 2. The maximum atomic E-state index is 13.9. The molecule has 202 valence electrons. The van der Waals surface area contributed by atoms with Crippen LogP contribution in [0.25, 0.3) is 0 Å². The lowest BCUT2D eigenvalue weighted by Crippen LogP contribution is -2.52. The van der Waals surface area contributed by atoms with Gasteiger partial charge in [0.05, 0.1) is 10.6 Å². The lowest BCUT2D eigenvalue weighted by atomic mass is 10.1. The first-order valence-electron chi connectivity index (χ1n) is 12.5. The van der Waals surface area contributed by atoms with Crippen LogP contribution >= 0.6 is 22.6 Å². The zero-order valence-corrected chi connectivity index (χ0v) is 25.1. The summed E-state index contributed by atoms with van der Waals surface area (Å²) in [6.45, 7) is 7.22. The van der Waals surface area contributed by atoms with Gasteiger partial charge in [0, 0.05) is 16.2 Å². The van der Waals surface area contributed by atoms with Crippen molar-refractivity contribution in [3.05, 3.63) is 93.6 Å². The second-order valence-corrected chi connectivity index (χ2v) is 12.4. The molecule has 0 bridgehead atoms. The number of anilines is 1. The van der Waals surface area contributed by atoms with E-state index in [0.29, 0.717) is 5.69 Å². The molecule has 0 aliphatic rings. The minimum absolute atomic E-state index is 0.0531. The largest absolute Gasteiger partial charge is 0.352 e. The topological polar surface area (TPSA) is 86.8 Å². The molecule has 2 amide bonds. The fourth-order valence-electron chi connectivity index (χ4n) is 3.91. The van der Waals surface area contributed by atoms with Crippen molar-refractivity contribution in [1.82, 2.24) is 10.2 Å². The second-order valence-electron chi connectivity index (χ2n) is 9.31. The van der Waals surface area contributed by atoms with Crippen molar-refractivity contribution in [1.29, 1.82) is 0 Å². The van der Waals surface area contributed by atoms with Crippen molar-refractivity contribution in [3.8, 4) is 0 Å². The summed E-state index contributed by atoms with van der Waals surface area (Å²) in [5.74, 6) is -0.761. The molecule has 0 fully saturated rings. The van der Waals surface area contributed by atoms with Crippen molar-refractivity contribution < 1.29 is 18.0 Å². The Bertz CT molecular complexity index is 1350. The van der Waals surface area contributed by atoms with Crippen molar-refractivity contribution in [2.24, 2.45) is 0 Å². The molecule has 0 spiro atoms. The van der Waals surface area contributed by atoms with Crippen molar-refractivity contribution in [2.75, 3.05) is 10.8 Å². The van der Waals surface area contributed by atoms with Gasteiger partial charge >= 0.3 is 0 Å². The van der Waals surface area contributed by atoms with Crippen LogP contribution in [0.1, 0.15) is 38.3 Å². The number of sulfonamides is 1. The Morgan fingerprint density at radius 3 is 2.21 bits per heavy atom. The normalized spacial score (nSPS) is 12.9. The number of hydrogen-bond donors (Lipinski definition) is 1. The Morgan fingerprint density at radius 1 is 0.947 bits per heavy atom. The minimum Gasteiger partial charge on any atom is -0.352 e. The number of hydrogen-bond acceptors (Lipinski definition) is 4. The molecule has 0 aliphatic carbocycles. The summed E-state index contributed by atoms with van der Waals surface area (Å²) in [6.07, 6.45) is 0.750. The number of aryl methyl sites for hydroxylation is 1. The fraction of sp³-hybridized carbons (Fsp3) is 0.310. The van der Waals surface area contributed by atoms with E-state index >= 15 is 0 Å². The van der Waals surface area contributed by atoms with E-state index < -0.39 is 28.5 Å². The molecule has 3 aromatic rings. The first kappa shape index (κ1) is 29.6. The monoisotopic (exact) mass is 647 g/mol. The van der Waals surface area contributed by atoms with E-state index in [0.717, 1.165) is 25.4 Å². The Morgan fingerprint density at radius 2 is 1.61 bits per heavy atom. The summed E-state index contributed by atoms with van der Waals surface area (Å²) in [6, 6.07) is 21.8. The highest BCUT2D eigenvalue weighted by atomic mass is 127. The molecule has 38 heavy (non-hydrogen) atoms. The fourth-order valence-corrected chi connectivity index (χ4v) is 5.71. The number of nitrogens with one attached hydrogen (secondary N) is 1. The van der Waals surface area contributed by atoms with E-state index in [1.54, 1.807) is 49.4 Å². The molecule has 0 aromatic heterocycles. The van der Waals surface area contributed by atoms with Gasteiger partial charge in [-0.15, -0.1) is 0 Å². The summed E-state index contributed by atoms with van der Waals surface area (Å²) in [5.41, 5.74) is 2.25. The van der Waals surface area contributed by atoms with Crippen LogP contribution in [0.4, 0.5) is 5.69 Å². The Hall–Kier alpha value is -2.92. The average Bonchev–Trinajstić information content (AvgIpc) is 2.90. The molecule has 1 N–H and O–H groups in total. The van der Waals surface area contributed by atoms with Crippen molar-refractivity contribution in [2.45, 2.75) is 57.6 Å². The lowest BCUT2D eigenvalue weighted by molar-refractivity contribution is -0.139. The van der Waals surface area contributed by atoms with E-state index in [2.05, 4.69) is 27.9 Å². The molecule has 0 radical (unpaired) electrons. The first-order valence-corrected chi connectivity index (χ1v) is 15.0. The van der Waals surface area contributed by atoms with Crippen LogP contribution in [-0.2, 0) is 26.2 Å². The Balaban J connectivity index is 2.01. The van der Waals surface area contributed by atoms with Gasteiger partial charge in [0.15, 0.2) is 0 Å².